The Hall–Kier alpha value is -2.34. The Kier molecular flexibility index (Phi) is 3.64. The lowest BCUT2D eigenvalue weighted by Crippen LogP contribution is -1.96. The first-order valence-corrected chi connectivity index (χ1v) is 7.00. The number of ether oxygens (including phenoxy) is 1. The molecular weight excluding hydrogens is 274 g/mol. The number of benzene rings is 1. The molecule has 0 aliphatic rings. The summed E-state index contributed by atoms with van der Waals surface area (Å²) in [7, 11) is 0. The summed E-state index contributed by atoms with van der Waals surface area (Å²) in [5.41, 5.74) is 6.31. The molecule has 0 aliphatic heterocycles. The van der Waals surface area contributed by atoms with Crippen molar-refractivity contribution in [2.75, 3.05) is 5.73 Å². The molecule has 20 heavy (non-hydrogen) atoms. The fourth-order valence-corrected chi connectivity index (χ4v) is 2.40. The van der Waals surface area contributed by atoms with Crippen molar-refractivity contribution in [1.82, 2.24) is 10.1 Å². The number of aromatic nitrogens is 2. The monoisotopic (exact) mass is 287 g/mol. The number of nitrogens with zero attached hydrogens (tertiary/aromatic N) is 2. The van der Waals surface area contributed by atoms with E-state index in [-0.39, 0.29) is 6.61 Å². The topological polar surface area (TPSA) is 74.2 Å². The number of thiophene rings is 1. The van der Waals surface area contributed by atoms with E-state index in [4.69, 9.17) is 15.0 Å². The molecule has 6 heteroatoms. The van der Waals surface area contributed by atoms with Crippen molar-refractivity contribution in [3.05, 3.63) is 58.4 Å². The number of anilines is 1. The van der Waals surface area contributed by atoms with Gasteiger partial charge in [0.1, 0.15) is 5.75 Å². The average molecular weight is 287 g/mol. The number of rotatable bonds is 5. The predicted octanol–water partition coefficient (Wildman–Crippen LogP) is 2.88. The summed E-state index contributed by atoms with van der Waals surface area (Å²) in [6.45, 7) is 0.251. The molecule has 1 aromatic carbocycles. The summed E-state index contributed by atoms with van der Waals surface area (Å²) >= 11 is 1.67. The van der Waals surface area contributed by atoms with E-state index in [9.17, 15) is 0 Å². The van der Waals surface area contributed by atoms with E-state index >= 15 is 0 Å². The minimum absolute atomic E-state index is 0.251. The molecule has 0 saturated heterocycles. The molecule has 0 atom stereocenters. The van der Waals surface area contributed by atoms with E-state index in [1.54, 1.807) is 35.6 Å². The molecule has 5 nitrogen and oxygen atoms in total. The zero-order chi connectivity index (χ0) is 13.8. The van der Waals surface area contributed by atoms with Crippen LogP contribution in [-0.2, 0) is 13.0 Å². The first-order chi connectivity index (χ1) is 9.79. The van der Waals surface area contributed by atoms with Crippen LogP contribution in [0.25, 0.3) is 0 Å². The Morgan fingerprint density at radius 3 is 2.80 bits per heavy atom. The minimum atomic E-state index is 0.251. The summed E-state index contributed by atoms with van der Waals surface area (Å²) in [5, 5.41) is 5.97. The van der Waals surface area contributed by atoms with Gasteiger partial charge < -0.3 is 15.0 Å². The smallest absolute Gasteiger partial charge is 0.264 e. The van der Waals surface area contributed by atoms with Gasteiger partial charge in [-0.15, -0.1) is 11.3 Å². The summed E-state index contributed by atoms with van der Waals surface area (Å²) < 4.78 is 10.7. The minimum Gasteiger partial charge on any atom is -0.484 e. The first-order valence-electron chi connectivity index (χ1n) is 6.12. The summed E-state index contributed by atoms with van der Waals surface area (Å²) in [5.74, 6) is 1.86. The number of nitrogens with two attached hydrogens (primary N) is 1. The zero-order valence-electron chi connectivity index (χ0n) is 10.7. The van der Waals surface area contributed by atoms with Crippen LogP contribution in [0, 0.1) is 0 Å². The van der Waals surface area contributed by atoms with Crippen molar-refractivity contribution in [3.8, 4) is 5.75 Å². The van der Waals surface area contributed by atoms with E-state index in [1.165, 1.54) is 4.88 Å². The molecular formula is C14H13N3O2S. The number of nitrogen functional groups attached to an aromatic ring is 1. The third-order valence-corrected chi connectivity index (χ3v) is 3.54. The van der Waals surface area contributed by atoms with Crippen molar-refractivity contribution >= 4 is 17.0 Å². The van der Waals surface area contributed by atoms with Crippen LogP contribution in [0.15, 0.2) is 46.3 Å². The Morgan fingerprint density at radius 2 is 2.05 bits per heavy atom. The molecule has 0 radical (unpaired) electrons. The molecule has 0 spiro atoms. The van der Waals surface area contributed by atoms with Gasteiger partial charge in [-0.3, -0.25) is 0 Å². The number of hydrogen-bond acceptors (Lipinski definition) is 6. The van der Waals surface area contributed by atoms with Crippen molar-refractivity contribution in [2.45, 2.75) is 13.0 Å². The van der Waals surface area contributed by atoms with E-state index in [0.717, 1.165) is 5.75 Å². The quantitative estimate of drug-likeness (QED) is 0.730. The van der Waals surface area contributed by atoms with Gasteiger partial charge in [0.15, 0.2) is 12.4 Å². The van der Waals surface area contributed by atoms with Gasteiger partial charge >= 0.3 is 0 Å². The second kappa shape index (κ2) is 5.75. The standard InChI is InChI=1S/C14H13N3O2S/c15-10-3-5-11(6-4-10)18-9-14-16-13(17-19-14)8-12-2-1-7-20-12/h1-7H,8-9,15H2. The lowest BCUT2D eigenvalue weighted by atomic mass is 10.3. The molecule has 0 amide bonds. The lowest BCUT2D eigenvalue weighted by Gasteiger charge is -2.02. The lowest BCUT2D eigenvalue weighted by molar-refractivity contribution is 0.242. The fraction of sp³-hybridized carbons (Fsp3) is 0.143. The molecule has 0 unspecified atom stereocenters. The van der Waals surface area contributed by atoms with Crippen LogP contribution in [0.3, 0.4) is 0 Å². The third kappa shape index (κ3) is 3.16. The van der Waals surface area contributed by atoms with Gasteiger partial charge in [0.05, 0.1) is 0 Å². The predicted molar refractivity (Wildman–Crippen MR) is 76.6 cm³/mol. The molecule has 102 valence electrons. The van der Waals surface area contributed by atoms with Crippen molar-refractivity contribution in [1.29, 1.82) is 0 Å². The van der Waals surface area contributed by atoms with Crippen LogP contribution in [-0.4, -0.2) is 10.1 Å². The molecule has 0 aliphatic carbocycles. The molecule has 2 aromatic heterocycles. The second-order valence-electron chi connectivity index (χ2n) is 4.22. The largest absolute Gasteiger partial charge is 0.484 e. The average Bonchev–Trinajstić information content (AvgIpc) is 3.11. The maximum Gasteiger partial charge on any atom is 0.264 e. The number of hydrogen-bond donors (Lipinski definition) is 1. The maximum atomic E-state index is 5.61. The molecule has 3 rings (SSSR count). The van der Waals surface area contributed by atoms with E-state index in [0.29, 0.717) is 23.8 Å². The molecule has 0 saturated carbocycles. The Morgan fingerprint density at radius 1 is 1.20 bits per heavy atom. The highest BCUT2D eigenvalue weighted by molar-refractivity contribution is 7.09. The molecule has 0 fully saturated rings. The van der Waals surface area contributed by atoms with Crippen LogP contribution in [0.5, 0.6) is 5.75 Å². The van der Waals surface area contributed by atoms with Crippen molar-refractivity contribution in [2.24, 2.45) is 0 Å². The van der Waals surface area contributed by atoms with Gasteiger partial charge in [-0.25, -0.2) is 0 Å². The SMILES string of the molecule is Nc1ccc(OCc2nc(Cc3cccs3)no2)cc1. The van der Waals surface area contributed by atoms with Gasteiger partial charge in [-0.05, 0) is 35.7 Å². The van der Waals surface area contributed by atoms with Gasteiger partial charge in [-0.1, -0.05) is 11.2 Å². The third-order valence-electron chi connectivity index (χ3n) is 2.67. The van der Waals surface area contributed by atoms with E-state index < -0.39 is 0 Å². The highest BCUT2D eigenvalue weighted by Gasteiger charge is 2.08. The van der Waals surface area contributed by atoms with Gasteiger partial charge in [0.25, 0.3) is 5.89 Å². The first kappa shape index (κ1) is 12.7. The fourth-order valence-electron chi connectivity index (χ4n) is 1.70. The zero-order valence-corrected chi connectivity index (χ0v) is 11.5. The molecule has 2 N–H and O–H groups in total. The molecule has 2 heterocycles. The van der Waals surface area contributed by atoms with Crippen LogP contribution < -0.4 is 10.5 Å². The summed E-state index contributed by atoms with van der Waals surface area (Å²) in [6, 6.07) is 11.2. The highest BCUT2D eigenvalue weighted by Crippen LogP contribution is 2.16. The van der Waals surface area contributed by atoms with E-state index in [1.807, 2.05) is 17.5 Å². The second-order valence-corrected chi connectivity index (χ2v) is 5.25. The van der Waals surface area contributed by atoms with Gasteiger partial charge in [0.2, 0.25) is 0 Å². The maximum absolute atomic E-state index is 5.61. The Balaban J connectivity index is 1.58. The van der Waals surface area contributed by atoms with Gasteiger partial charge in [0, 0.05) is 17.0 Å². The molecule has 0 bridgehead atoms. The van der Waals surface area contributed by atoms with Gasteiger partial charge in [-0.2, -0.15) is 4.98 Å². The highest BCUT2D eigenvalue weighted by atomic mass is 32.1. The van der Waals surface area contributed by atoms with Crippen molar-refractivity contribution in [3.63, 3.8) is 0 Å². The Bertz CT molecular complexity index is 662. The van der Waals surface area contributed by atoms with Crippen LogP contribution in [0.1, 0.15) is 16.6 Å². The summed E-state index contributed by atoms with van der Waals surface area (Å²) in [6.07, 6.45) is 0.684. The van der Waals surface area contributed by atoms with Crippen LogP contribution >= 0.6 is 11.3 Å². The normalized spacial score (nSPS) is 10.6. The molecule has 3 aromatic rings. The van der Waals surface area contributed by atoms with Crippen molar-refractivity contribution < 1.29 is 9.26 Å². The van der Waals surface area contributed by atoms with Crippen LogP contribution in [0.2, 0.25) is 0 Å². The van der Waals surface area contributed by atoms with Crippen LogP contribution in [0.4, 0.5) is 5.69 Å². The summed E-state index contributed by atoms with van der Waals surface area (Å²) in [4.78, 5) is 5.50. The van der Waals surface area contributed by atoms with E-state index in [2.05, 4.69) is 10.1 Å². The Labute approximate surface area is 120 Å².